The van der Waals surface area contributed by atoms with Crippen LogP contribution in [0.5, 0.6) is 0 Å². The van der Waals surface area contributed by atoms with Gasteiger partial charge in [-0.15, -0.1) is 0 Å². The summed E-state index contributed by atoms with van der Waals surface area (Å²) in [7, 11) is -4.75. The maximum atomic E-state index is 12.6. The van der Waals surface area contributed by atoms with Crippen molar-refractivity contribution in [1.29, 1.82) is 0 Å². The number of phosphoric ester groups is 1. The topological polar surface area (TPSA) is 192 Å². The van der Waals surface area contributed by atoms with Gasteiger partial charge in [0.1, 0.15) is 12.6 Å². The van der Waals surface area contributed by atoms with Crippen LogP contribution in [0.1, 0.15) is 162 Å². The van der Waals surface area contributed by atoms with Gasteiger partial charge < -0.3 is 30.3 Å². The highest BCUT2D eigenvalue weighted by Crippen LogP contribution is 2.43. The number of rotatable bonds is 38. The first-order valence-corrected chi connectivity index (χ1v) is 22.3. The molecule has 0 aromatic rings. The third-order valence-corrected chi connectivity index (χ3v) is 9.61. The first-order valence-electron chi connectivity index (χ1n) is 20.8. The van der Waals surface area contributed by atoms with Crippen molar-refractivity contribution >= 4 is 25.7 Å². The van der Waals surface area contributed by atoms with Gasteiger partial charge in [0, 0.05) is 12.8 Å². The Balaban J connectivity index is 4.59. The minimum Gasteiger partial charge on any atom is -0.480 e. The number of carbonyl (C=O) groups excluding carboxylic acids is 2. The van der Waals surface area contributed by atoms with E-state index in [9.17, 15) is 28.9 Å². The van der Waals surface area contributed by atoms with E-state index in [0.29, 0.717) is 25.7 Å². The molecule has 0 spiro atoms. The molecule has 0 heterocycles. The molecule has 0 saturated carbocycles. The fraction of sp³-hybridized carbons (Fsp3) is 0.738. The second-order valence-electron chi connectivity index (χ2n) is 14.0. The normalized spacial score (nSPS) is 14.9. The number of hydrogen-bond donors (Lipinski definition) is 4. The third-order valence-electron chi connectivity index (χ3n) is 8.66. The van der Waals surface area contributed by atoms with E-state index in [1.807, 2.05) is 18.2 Å². The van der Waals surface area contributed by atoms with Gasteiger partial charge >= 0.3 is 25.7 Å². The van der Waals surface area contributed by atoms with E-state index >= 15 is 0 Å². The molecule has 0 aliphatic rings. The van der Waals surface area contributed by atoms with E-state index in [1.165, 1.54) is 77.0 Å². The highest BCUT2D eigenvalue weighted by Gasteiger charge is 2.28. The lowest BCUT2D eigenvalue weighted by atomic mass is 10.0. The average molecular weight is 800 g/mol. The molecule has 0 aromatic heterocycles. The summed E-state index contributed by atoms with van der Waals surface area (Å²) in [5.41, 5.74) is 5.31. The van der Waals surface area contributed by atoms with E-state index in [-0.39, 0.29) is 12.8 Å². The highest BCUT2D eigenvalue weighted by molar-refractivity contribution is 7.47. The second kappa shape index (κ2) is 37.0. The van der Waals surface area contributed by atoms with Crippen molar-refractivity contribution in [1.82, 2.24) is 0 Å². The number of nitrogens with two attached hydrogens (primary N) is 1. The summed E-state index contributed by atoms with van der Waals surface area (Å²) >= 11 is 0. The fourth-order valence-electron chi connectivity index (χ4n) is 5.31. The molecule has 2 unspecified atom stereocenters. The van der Waals surface area contributed by atoms with Crippen molar-refractivity contribution in [3.05, 3.63) is 48.6 Å². The van der Waals surface area contributed by atoms with E-state index in [2.05, 4.69) is 30.5 Å². The van der Waals surface area contributed by atoms with Crippen molar-refractivity contribution in [2.45, 2.75) is 180 Å². The molecule has 4 atom stereocenters. The monoisotopic (exact) mass is 799 g/mol. The van der Waals surface area contributed by atoms with Crippen molar-refractivity contribution in [3.8, 4) is 0 Å². The number of carbonyl (C=O) groups is 3. The van der Waals surface area contributed by atoms with Crippen LogP contribution < -0.4 is 5.73 Å². The molecule has 318 valence electrons. The molecule has 12 nitrogen and oxygen atoms in total. The molecule has 13 heteroatoms. The number of esters is 2. The first-order chi connectivity index (χ1) is 26.5. The van der Waals surface area contributed by atoms with E-state index in [0.717, 1.165) is 32.1 Å². The van der Waals surface area contributed by atoms with Gasteiger partial charge in [0.2, 0.25) is 0 Å². The molecule has 0 amide bonds. The Labute approximate surface area is 331 Å². The molecule has 55 heavy (non-hydrogen) atoms. The molecular formula is C42H74NO11P. The van der Waals surface area contributed by atoms with Crippen molar-refractivity contribution in [3.63, 3.8) is 0 Å². The summed E-state index contributed by atoms with van der Waals surface area (Å²) in [4.78, 5) is 45.8. The Morgan fingerprint density at radius 2 is 1.20 bits per heavy atom. The van der Waals surface area contributed by atoms with E-state index < -0.39 is 63.8 Å². The van der Waals surface area contributed by atoms with Crippen molar-refractivity contribution in [2.75, 3.05) is 19.8 Å². The standard InChI is InChI=1S/C42H74NO11P/c1-3-5-7-9-11-13-14-15-16-18-20-24-28-32-40(45)51-34-38(35-52-55(49,50)53-36-39(43)42(47)48)54-41(46)33-29-25-21-23-27-31-37(44)30-26-22-19-17-12-10-8-6-4-2/h12,17,21-23,26-27,31,37-39,44H,3-11,13-16,18-20,24-25,28-30,32-36,43H2,1-2H3,(H,47,48)(H,49,50)/b17-12-,23-21+,26-22-,31-27-/t37?,38-,39+/m1/s1. The van der Waals surface area contributed by atoms with Crippen LogP contribution in [0.3, 0.4) is 0 Å². The number of unbranched alkanes of at least 4 members (excludes halogenated alkanes) is 16. The van der Waals surface area contributed by atoms with Gasteiger partial charge in [-0.3, -0.25) is 23.4 Å². The Morgan fingerprint density at radius 3 is 1.84 bits per heavy atom. The van der Waals surface area contributed by atoms with Gasteiger partial charge in [0.25, 0.3) is 0 Å². The molecule has 0 aliphatic carbocycles. The van der Waals surface area contributed by atoms with Crippen LogP contribution in [0.25, 0.3) is 0 Å². The van der Waals surface area contributed by atoms with Crippen LogP contribution in [0, 0.1) is 0 Å². The fourth-order valence-corrected chi connectivity index (χ4v) is 6.09. The highest BCUT2D eigenvalue weighted by atomic mass is 31.2. The Morgan fingerprint density at radius 1 is 0.655 bits per heavy atom. The minimum absolute atomic E-state index is 0.0265. The summed E-state index contributed by atoms with van der Waals surface area (Å²) in [6.07, 6.45) is 36.4. The lowest BCUT2D eigenvalue weighted by Crippen LogP contribution is -2.34. The number of carboxylic acid groups (broad SMARTS) is 1. The van der Waals surface area contributed by atoms with Crippen LogP contribution in [0.15, 0.2) is 48.6 Å². The molecule has 0 aliphatic heterocycles. The van der Waals surface area contributed by atoms with Crippen LogP contribution >= 0.6 is 7.82 Å². The Kier molecular flexibility index (Phi) is 35.3. The van der Waals surface area contributed by atoms with Crippen LogP contribution in [-0.2, 0) is 37.5 Å². The number of aliphatic hydroxyl groups excluding tert-OH is 1. The third kappa shape index (κ3) is 36.8. The van der Waals surface area contributed by atoms with Crippen LogP contribution in [0.4, 0.5) is 0 Å². The second-order valence-corrected chi connectivity index (χ2v) is 15.4. The van der Waals surface area contributed by atoms with Gasteiger partial charge in [-0.2, -0.15) is 0 Å². The quantitative estimate of drug-likeness (QED) is 0.0152. The molecular weight excluding hydrogens is 725 g/mol. The maximum Gasteiger partial charge on any atom is 0.472 e. The number of carboxylic acids is 1. The van der Waals surface area contributed by atoms with E-state index in [4.69, 9.17) is 24.8 Å². The van der Waals surface area contributed by atoms with Crippen molar-refractivity contribution in [2.24, 2.45) is 5.73 Å². The zero-order valence-electron chi connectivity index (χ0n) is 33.9. The number of aliphatic hydroxyl groups is 1. The summed E-state index contributed by atoms with van der Waals surface area (Å²) in [6.45, 7) is 2.61. The first kappa shape index (κ1) is 52.4. The van der Waals surface area contributed by atoms with Gasteiger partial charge in [-0.05, 0) is 44.9 Å². The lowest BCUT2D eigenvalue weighted by molar-refractivity contribution is -0.161. The predicted molar refractivity (Wildman–Crippen MR) is 218 cm³/mol. The molecule has 0 saturated heterocycles. The Bertz CT molecular complexity index is 1140. The number of aliphatic carboxylic acids is 1. The predicted octanol–water partition coefficient (Wildman–Crippen LogP) is 9.58. The van der Waals surface area contributed by atoms with Crippen LogP contribution in [0.2, 0.25) is 0 Å². The molecule has 5 N–H and O–H groups in total. The smallest absolute Gasteiger partial charge is 0.472 e. The molecule has 0 fully saturated rings. The summed E-state index contributed by atoms with van der Waals surface area (Å²) in [5.74, 6) is -2.53. The molecule has 0 rings (SSSR count). The average Bonchev–Trinajstić information content (AvgIpc) is 3.15. The molecule has 0 bridgehead atoms. The van der Waals surface area contributed by atoms with Gasteiger partial charge in [0.05, 0.1) is 19.3 Å². The number of phosphoric acid groups is 1. The van der Waals surface area contributed by atoms with Gasteiger partial charge in [-0.1, -0.05) is 152 Å². The summed E-state index contributed by atoms with van der Waals surface area (Å²) in [6, 6.07) is -1.54. The Hall–Kier alpha value is -2.60. The maximum absolute atomic E-state index is 12.6. The number of ether oxygens (including phenoxy) is 2. The van der Waals surface area contributed by atoms with Gasteiger partial charge in [-0.25, -0.2) is 4.57 Å². The number of hydrogen-bond acceptors (Lipinski definition) is 10. The van der Waals surface area contributed by atoms with Crippen LogP contribution in [-0.4, -0.2) is 71.1 Å². The molecule has 0 radical (unpaired) electrons. The summed E-state index contributed by atoms with van der Waals surface area (Å²) in [5, 5.41) is 19.0. The SMILES string of the molecule is CCCCC/C=C\C/C=C\CC(O)/C=C\C=C\CCCC(=O)O[C@H](COC(=O)CCCCCCCCCCCCCCC)COP(=O)(O)OC[C@H](N)C(=O)O. The molecule has 0 aromatic carbocycles. The zero-order valence-corrected chi connectivity index (χ0v) is 34.8. The summed E-state index contributed by atoms with van der Waals surface area (Å²) < 4.78 is 32.5. The lowest BCUT2D eigenvalue weighted by Gasteiger charge is -2.20. The largest absolute Gasteiger partial charge is 0.480 e. The minimum atomic E-state index is -4.75. The van der Waals surface area contributed by atoms with Crippen molar-refractivity contribution < 1.29 is 52.6 Å². The zero-order chi connectivity index (χ0) is 40.8. The van der Waals surface area contributed by atoms with Gasteiger partial charge in [0.15, 0.2) is 6.10 Å². The number of allylic oxidation sites excluding steroid dienone is 6. The van der Waals surface area contributed by atoms with E-state index in [1.54, 1.807) is 18.2 Å².